The monoisotopic (exact) mass is 330 g/mol. The largest absolute Gasteiger partial charge is 0.465 e. The average Bonchev–Trinajstić information content (AvgIpc) is 2.86. The molecule has 2 N–H and O–H groups in total. The molecule has 0 radical (unpaired) electrons. The number of anilines is 1. The fourth-order valence-electron chi connectivity index (χ4n) is 1.80. The van der Waals surface area contributed by atoms with Crippen molar-refractivity contribution in [2.45, 2.75) is 25.9 Å². The second-order valence-corrected chi connectivity index (χ2v) is 5.78. The van der Waals surface area contributed by atoms with Crippen LogP contribution in [0.3, 0.4) is 0 Å². The van der Waals surface area contributed by atoms with Crippen LogP contribution >= 0.6 is 11.3 Å². The van der Waals surface area contributed by atoms with Gasteiger partial charge in [-0.25, -0.2) is 9.78 Å². The fourth-order valence-corrected chi connectivity index (χ4v) is 2.82. The van der Waals surface area contributed by atoms with Gasteiger partial charge in [0.25, 0.3) is 0 Å². The first-order chi connectivity index (χ1) is 10.2. The van der Waals surface area contributed by atoms with Crippen molar-refractivity contribution in [2.24, 2.45) is 0 Å². The molecular formula is C14H13F3N2O2S. The van der Waals surface area contributed by atoms with Crippen molar-refractivity contribution in [3.63, 3.8) is 0 Å². The standard InChI is InChI=1S/C14H13F3N2O2S/c1-7(2)11-6-22-12(18-11)9-4-3-8(14(15,16)17)5-10(9)19-13(20)21/h3-7,19H,1-2H3,(H,20,21). The summed E-state index contributed by atoms with van der Waals surface area (Å²) in [4.78, 5) is 15.2. The Morgan fingerprint density at radius 1 is 1.36 bits per heavy atom. The zero-order chi connectivity index (χ0) is 16.5. The first-order valence-corrected chi connectivity index (χ1v) is 7.23. The third-order valence-corrected chi connectivity index (χ3v) is 3.83. The van der Waals surface area contributed by atoms with Gasteiger partial charge in [0.05, 0.1) is 16.9 Å². The van der Waals surface area contributed by atoms with Crippen molar-refractivity contribution in [3.05, 3.63) is 34.8 Å². The number of hydrogen-bond donors (Lipinski definition) is 2. The van der Waals surface area contributed by atoms with Gasteiger partial charge < -0.3 is 5.11 Å². The number of carbonyl (C=O) groups is 1. The SMILES string of the molecule is CC(C)c1csc(-c2ccc(C(F)(F)F)cc2NC(=O)O)n1. The van der Waals surface area contributed by atoms with Gasteiger partial charge in [-0.05, 0) is 24.1 Å². The molecule has 0 atom stereocenters. The summed E-state index contributed by atoms with van der Waals surface area (Å²) in [6.45, 7) is 3.89. The molecule has 4 nitrogen and oxygen atoms in total. The summed E-state index contributed by atoms with van der Waals surface area (Å²) in [6, 6.07) is 2.93. The second-order valence-electron chi connectivity index (χ2n) is 4.92. The minimum atomic E-state index is -4.54. The molecule has 1 amide bonds. The summed E-state index contributed by atoms with van der Waals surface area (Å²) in [5.41, 5.74) is 0.0843. The van der Waals surface area contributed by atoms with E-state index in [0.29, 0.717) is 10.6 Å². The van der Waals surface area contributed by atoms with Crippen LogP contribution in [0, 0.1) is 0 Å². The summed E-state index contributed by atoms with van der Waals surface area (Å²) in [5, 5.41) is 13.1. The molecule has 0 spiro atoms. The van der Waals surface area contributed by atoms with Crippen molar-refractivity contribution in [1.82, 2.24) is 4.98 Å². The van der Waals surface area contributed by atoms with E-state index in [1.54, 1.807) is 0 Å². The predicted molar refractivity (Wildman–Crippen MR) is 78.3 cm³/mol. The first kappa shape index (κ1) is 16.3. The summed E-state index contributed by atoms with van der Waals surface area (Å²) < 4.78 is 38.3. The molecule has 1 heterocycles. The van der Waals surface area contributed by atoms with Gasteiger partial charge in [-0.3, -0.25) is 5.32 Å². The van der Waals surface area contributed by atoms with Gasteiger partial charge in [0, 0.05) is 10.9 Å². The van der Waals surface area contributed by atoms with Gasteiger partial charge in [0.1, 0.15) is 5.01 Å². The molecule has 22 heavy (non-hydrogen) atoms. The number of thiazole rings is 1. The molecule has 2 aromatic rings. The highest BCUT2D eigenvalue weighted by Gasteiger charge is 2.31. The molecule has 0 aliphatic carbocycles. The third-order valence-electron chi connectivity index (χ3n) is 2.93. The van der Waals surface area contributed by atoms with Crippen LogP contribution in [0.25, 0.3) is 10.6 Å². The Morgan fingerprint density at radius 3 is 2.55 bits per heavy atom. The van der Waals surface area contributed by atoms with Gasteiger partial charge in [-0.1, -0.05) is 13.8 Å². The number of nitrogens with zero attached hydrogens (tertiary/aromatic N) is 1. The molecule has 0 aliphatic rings. The van der Waals surface area contributed by atoms with Gasteiger partial charge in [0.15, 0.2) is 0 Å². The van der Waals surface area contributed by atoms with Crippen LogP contribution in [0.5, 0.6) is 0 Å². The van der Waals surface area contributed by atoms with E-state index in [1.807, 2.05) is 24.5 Å². The molecule has 0 saturated heterocycles. The Balaban J connectivity index is 2.51. The molecule has 0 bridgehead atoms. The van der Waals surface area contributed by atoms with Crippen LogP contribution in [-0.2, 0) is 6.18 Å². The minimum Gasteiger partial charge on any atom is -0.465 e. The number of alkyl halides is 3. The topological polar surface area (TPSA) is 62.2 Å². The maximum Gasteiger partial charge on any atom is 0.416 e. The van der Waals surface area contributed by atoms with Crippen molar-refractivity contribution >= 4 is 23.1 Å². The molecule has 0 aliphatic heterocycles. The molecule has 0 unspecified atom stereocenters. The lowest BCUT2D eigenvalue weighted by Gasteiger charge is -2.12. The number of rotatable bonds is 3. The highest BCUT2D eigenvalue weighted by molar-refractivity contribution is 7.13. The van der Waals surface area contributed by atoms with Crippen molar-refractivity contribution in [3.8, 4) is 10.6 Å². The summed E-state index contributed by atoms with van der Waals surface area (Å²) in [7, 11) is 0. The number of aromatic nitrogens is 1. The van der Waals surface area contributed by atoms with E-state index in [1.165, 1.54) is 17.4 Å². The number of halogens is 3. The minimum absolute atomic E-state index is 0.132. The second kappa shape index (κ2) is 5.96. The fraction of sp³-hybridized carbons (Fsp3) is 0.286. The highest BCUT2D eigenvalue weighted by Crippen LogP contribution is 2.37. The molecular weight excluding hydrogens is 317 g/mol. The zero-order valence-electron chi connectivity index (χ0n) is 11.7. The smallest absolute Gasteiger partial charge is 0.416 e. The summed E-state index contributed by atoms with van der Waals surface area (Å²) in [5.74, 6) is 0.176. The Morgan fingerprint density at radius 2 is 2.05 bits per heavy atom. The maximum absolute atomic E-state index is 12.8. The van der Waals surface area contributed by atoms with Gasteiger partial charge in [0.2, 0.25) is 0 Å². The van der Waals surface area contributed by atoms with Crippen LogP contribution in [0.1, 0.15) is 31.0 Å². The maximum atomic E-state index is 12.8. The Hall–Kier alpha value is -2.09. The summed E-state index contributed by atoms with van der Waals surface area (Å²) in [6.07, 6.45) is -5.97. The predicted octanol–water partition coefficient (Wildman–Crippen LogP) is 5.04. The lowest BCUT2D eigenvalue weighted by molar-refractivity contribution is -0.137. The molecule has 0 saturated carbocycles. The van der Waals surface area contributed by atoms with E-state index in [9.17, 15) is 18.0 Å². The van der Waals surface area contributed by atoms with Crippen LogP contribution in [-0.4, -0.2) is 16.2 Å². The van der Waals surface area contributed by atoms with E-state index in [2.05, 4.69) is 4.98 Å². The lowest BCUT2D eigenvalue weighted by atomic mass is 10.1. The van der Waals surface area contributed by atoms with E-state index >= 15 is 0 Å². The third kappa shape index (κ3) is 3.56. The average molecular weight is 330 g/mol. The van der Waals surface area contributed by atoms with Crippen molar-refractivity contribution < 1.29 is 23.1 Å². The molecule has 1 aromatic heterocycles. The van der Waals surface area contributed by atoms with E-state index in [0.717, 1.165) is 17.8 Å². The van der Waals surface area contributed by atoms with Crippen LogP contribution < -0.4 is 5.32 Å². The van der Waals surface area contributed by atoms with Crippen LogP contribution in [0.2, 0.25) is 0 Å². The Kier molecular flexibility index (Phi) is 4.41. The van der Waals surface area contributed by atoms with Gasteiger partial charge in [-0.15, -0.1) is 11.3 Å². The van der Waals surface area contributed by atoms with Gasteiger partial charge >= 0.3 is 12.3 Å². The van der Waals surface area contributed by atoms with Crippen molar-refractivity contribution in [1.29, 1.82) is 0 Å². The normalized spacial score (nSPS) is 11.7. The lowest BCUT2D eigenvalue weighted by Crippen LogP contribution is -2.11. The number of carboxylic acid groups (broad SMARTS) is 1. The molecule has 0 fully saturated rings. The van der Waals surface area contributed by atoms with E-state index in [4.69, 9.17) is 5.11 Å². The Labute approximate surface area is 128 Å². The zero-order valence-corrected chi connectivity index (χ0v) is 12.5. The van der Waals surface area contributed by atoms with Crippen molar-refractivity contribution in [2.75, 3.05) is 5.32 Å². The van der Waals surface area contributed by atoms with E-state index < -0.39 is 17.8 Å². The first-order valence-electron chi connectivity index (χ1n) is 6.35. The number of nitrogens with one attached hydrogen (secondary N) is 1. The number of hydrogen-bond acceptors (Lipinski definition) is 3. The molecule has 8 heteroatoms. The van der Waals surface area contributed by atoms with Crippen LogP contribution in [0.15, 0.2) is 23.6 Å². The summed E-state index contributed by atoms with van der Waals surface area (Å²) >= 11 is 1.26. The van der Waals surface area contributed by atoms with Crippen LogP contribution in [0.4, 0.5) is 23.7 Å². The quantitative estimate of drug-likeness (QED) is 0.828. The van der Waals surface area contributed by atoms with Gasteiger partial charge in [-0.2, -0.15) is 13.2 Å². The number of amides is 1. The highest BCUT2D eigenvalue weighted by atomic mass is 32.1. The number of benzene rings is 1. The molecule has 118 valence electrons. The molecule has 2 rings (SSSR count). The van der Waals surface area contributed by atoms with E-state index in [-0.39, 0.29) is 11.6 Å². The molecule has 1 aromatic carbocycles. The Bertz CT molecular complexity index is 696.